The standard InChI is InChI=1S/C21H29FN2O3S/c1-14(2)12-27-20(25)18-13-28-19(15-8-4-3-5-9-15)24(18)21(26)23-17-11-7-6-10-16(17)22/h6-7,10-11,14-15,18-19H,3-5,8-9,12-13H2,1-2H3,(H,23,26). The third-order valence-electron chi connectivity index (χ3n) is 5.27. The van der Waals surface area contributed by atoms with Gasteiger partial charge in [0.15, 0.2) is 0 Å². The summed E-state index contributed by atoms with van der Waals surface area (Å²) >= 11 is 1.64. The first-order valence-corrected chi connectivity index (χ1v) is 11.1. The maximum atomic E-state index is 14.0. The number of urea groups is 1. The van der Waals surface area contributed by atoms with Gasteiger partial charge >= 0.3 is 12.0 Å². The number of ether oxygens (including phenoxy) is 1. The van der Waals surface area contributed by atoms with E-state index in [0.29, 0.717) is 18.3 Å². The van der Waals surface area contributed by atoms with Crippen LogP contribution in [0.2, 0.25) is 0 Å². The molecule has 2 amide bonds. The second-order valence-corrected chi connectivity index (χ2v) is 9.13. The molecule has 1 aromatic rings. The minimum atomic E-state index is -0.637. The molecule has 1 heterocycles. The fourth-order valence-electron chi connectivity index (χ4n) is 3.84. The molecule has 3 rings (SSSR count). The average molecular weight is 409 g/mol. The van der Waals surface area contributed by atoms with Gasteiger partial charge < -0.3 is 10.1 Å². The Kier molecular flexibility index (Phi) is 7.21. The number of esters is 1. The predicted molar refractivity (Wildman–Crippen MR) is 110 cm³/mol. The first kappa shape index (κ1) is 21.0. The average Bonchev–Trinajstić information content (AvgIpc) is 3.14. The zero-order chi connectivity index (χ0) is 20.1. The molecule has 1 saturated heterocycles. The summed E-state index contributed by atoms with van der Waals surface area (Å²) in [5.41, 5.74) is 0.126. The number of carbonyl (C=O) groups is 2. The summed E-state index contributed by atoms with van der Waals surface area (Å²) in [7, 11) is 0. The lowest BCUT2D eigenvalue weighted by molar-refractivity contribution is -0.149. The summed E-state index contributed by atoms with van der Waals surface area (Å²) in [5, 5.41) is 2.58. The van der Waals surface area contributed by atoms with Gasteiger partial charge in [-0.2, -0.15) is 0 Å². The fourth-order valence-corrected chi connectivity index (χ4v) is 5.46. The van der Waals surface area contributed by atoms with Gasteiger partial charge in [0, 0.05) is 5.75 Å². The van der Waals surface area contributed by atoms with Crippen LogP contribution >= 0.6 is 11.8 Å². The number of hydrogen-bond acceptors (Lipinski definition) is 4. The van der Waals surface area contributed by atoms with Gasteiger partial charge in [-0.15, -0.1) is 11.8 Å². The maximum Gasteiger partial charge on any atom is 0.329 e. The van der Waals surface area contributed by atoms with Crippen LogP contribution in [-0.2, 0) is 9.53 Å². The van der Waals surface area contributed by atoms with Crippen molar-refractivity contribution in [3.8, 4) is 0 Å². The number of para-hydroxylation sites is 1. The van der Waals surface area contributed by atoms with E-state index < -0.39 is 17.9 Å². The van der Waals surface area contributed by atoms with Crippen LogP contribution in [0.4, 0.5) is 14.9 Å². The van der Waals surface area contributed by atoms with Crippen molar-refractivity contribution >= 4 is 29.4 Å². The molecule has 2 fully saturated rings. The van der Waals surface area contributed by atoms with Crippen LogP contribution in [0.25, 0.3) is 0 Å². The largest absolute Gasteiger partial charge is 0.464 e. The Morgan fingerprint density at radius 3 is 2.64 bits per heavy atom. The quantitative estimate of drug-likeness (QED) is 0.706. The second-order valence-electron chi connectivity index (χ2n) is 7.98. The number of thioether (sulfide) groups is 1. The predicted octanol–water partition coefficient (Wildman–Crippen LogP) is 4.88. The molecule has 1 aromatic carbocycles. The first-order valence-electron chi connectivity index (χ1n) is 10.1. The van der Waals surface area contributed by atoms with Crippen LogP contribution in [0.5, 0.6) is 0 Å². The molecule has 1 N–H and O–H groups in total. The van der Waals surface area contributed by atoms with Crippen LogP contribution in [0, 0.1) is 17.7 Å². The highest BCUT2D eigenvalue weighted by Crippen LogP contribution is 2.41. The zero-order valence-corrected chi connectivity index (χ0v) is 17.3. The number of nitrogens with one attached hydrogen (secondary N) is 1. The zero-order valence-electron chi connectivity index (χ0n) is 16.5. The Morgan fingerprint density at radius 2 is 1.96 bits per heavy atom. The van der Waals surface area contributed by atoms with Crippen molar-refractivity contribution in [1.29, 1.82) is 0 Å². The molecule has 1 saturated carbocycles. The molecule has 0 aromatic heterocycles. The van der Waals surface area contributed by atoms with E-state index in [9.17, 15) is 14.0 Å². The van der Waals surface area contributed by atoms with Crippen LogP contribution in [0.15, 0.2) is 24.3 Å². The number of halogens is 1. The van der Waals surface area contributed by atoms with Gasteiger partial charge in [-0.1, -0.05) is 45.2 Å². The van der Waals surface area contributed by atoms with Crippen LogP contribution in [-0.4, -0.2) is 40.7 Å². The summed E-state index contributed by atoms with van der Waals surface area (Å²) in [4.78, 5) is 27.4. The van der Waals surface area contributed by atoms with E-state index >= 15 is 0 Å². The van der Waals surface area contributed by atoms with E-state index in [1.165, 1.54) is 18.6 Å². The van der Waals surface area contributed by atoms with Crippen molar-refractivity contribution < 1.29 is 18.7 Å². The molecule has 1 aliphatic heterocycles. The maximum absolute atomic E-state index is 14.0. The molecule has 154 valence electrons. The topological polar surface area (TPSA) is 58.6 Å². The van der Waals surface area contributed by atoms with E-state index in [4.69, 9.17) is 4.74 Å². The highest BCUT2D eigenvalue weighted by molar-refractivity contribution is 8.00. The fraction of sp³-hybridized carbons (Fsp3) is 0.619. The molecule has 28 heavy (non-hydrogen) atoms. The highest BCUT2D eigenvalue weighted by Gasteiger charge is 2.46. The van der Waals surface area contributed by atoms with Crippen LogP contribution in [0.1, 0.15) is 46.0 Å². The number of benzene rings is 1. The molecule has 1 aliphatic carbocycles. The lowest BCUT2D eigenvalue weighted by Crippen LogP contribution is -2.50. The number of amides is 2. The van der Waals surface area contributed by atoms with Crippen LogP contribution < -0.4 is 5.32 Å². The summed E-state index contributed by atoms with van der Waals surface area (Å²) < 4.78 is 19.5. The molecule has 2 aliphatic rings. The van der Waals surface area contributed by atoms with Gasteiger partial charge in [-0.3, -0.25) is 4.90 Å². The lowest BCUT2D eigenvalue weighted by atomic mass is 9.88. The Labute approximate surface area is 170 Å². The van der Waals surface area contributed by atoms with Gasteiger partial charge in [0.2, 0.25) is 0 Å². The van der Waals surface area contributed by atoms with E-state index in [1.54, 1.807) is 28.8 Å². The molecule has 0 radical (unpaired) electrons. The summed E-state index contributed by atoms with van der Waals surface area (Å²) in [6.07, 6.45) is 5.61. The van der Waals surface area contributed by atoms with Gasteiger partial charge in [0.05, 0.1) is 17.7 Å². The number of rotatable bonds is 5. The molecular weight excluding hydrogens is 379 g/mol. The molecule has 2 atom stereocenters. The number of nitrogens with zero attached hydrogens (tertiary/aromatic N) is 1. The smallest absolute Gasteiger partial charge is 0.329 e. The highest BCUT2D eigenvalue weighted by atomic mass is 32.2. The van der Waals surface area contributed by atoms with Crippen molar-refractivity contribution in [2.45, 2.75) is 57.4 Å². The first-order chi connectivity index (χ1) is 13.5. The number of anilines is 1. The normalized spacial score (nSPS) is 23.1. The van der Waals surface area contributed by atoms with E-state index in [-0.39, 0.29) is 22.9 Å². The Morgan fingerprint density at radius 1 is 1.25 bits per heavy atom. The number of hydrogen-bond donors (Lipinski definition) is 1. The second kappa shape index (κ2) is 9.63. The summed E-state index contributed by atoms with van der Waals surface area (Å²) in [6.45, 7) is 4.28. The van der Waals surface area contributed by atoms with Crippen molar-refractivity contribution in [3.63, 3.8) is 0 Å². The SMILES string of the molecule is CC(C)COC(=O)C1CSC(C2CCCCC2)N1C(=O)Nc1ccccc1F. The van der Waals surface area contributed by atoms with Crippen molar-refractivity contribution in [1.82, 2.24) is 4.90 Å². The molecule has 7 heteroatoms. The molecule has 0 bridgehead atoms. The number of carbonyl (C=O) groups excluding carboxylic acids is 2. The molecule has 0 spiro atoms. The van der Waals surface area contributed by atoms with Gasteiger partial charge in [0.25, 0.3) is 0 Å². The Balaban J connectivity index is 1.78. The third-order valence-corrected chi connectivity index (χ3v) is 6.73. The minimum Gasteiger partial charge on any atom is -0.464 e. The van der Waals surface area contributed by atoms with E-state index in [2.05, 4.69) is 5.32 Å². The molecule has 5 nitrogen and oxygen atoms in total. The Hall–Kier alpha value is -1.76. The van der Waals surface area contributed by atoms with Gasteiger partial charge in [-0.05, 0) is 36.8 Å². The van der Waals surface area contributed by atoms with Crippen LogP contribution in [0.3, 0.4) is 0 Å². The summed E-state index contributed by atoms with van der Waals surface area (Å²) in [6, 6.07) is 5.01. The molecular formula is C21H29FN2O3S. The summed E-state index contributed by atoms with van der Waals surface area (Å²) in [5.74, 6) is 0.239. The van der Waals surface area contributed by atoms with Crippen molar-refractivity contribution in [3.05, 3.63) is 30.1 Å². The van der Waals surface area contributed by atoms with Crippen molar-refractivity contribution in [2.75, 3.05) is 17.7 Å². The minimum absolute atomic E-state index is 0.0799. The molecule has 2 unspecified atom stereocenters. The Bertz CT molecular complexity index is 694. The lowest BCUT2D eigenvalue weighted by Gasteiger charge is -2.35. The third kappa shape index (κ3) is 4.99. The van der Waals surface area contributed by atoms with Gasteiger partial charge in [-0.25, -0.2) is 14.0 Å². The van der Waals surface area contributed by atoms with Gasteiger partial charge in [0.1, 0.15) is 11.9 Å². The van der Waals surface area contributed by atoms with Crippen molar-refractivity contribution in [2.24, 2.45) is 11.8 Å². The van der Waals surface area contributed by atoms with E-state index in [1.807, 2.05) is 13.8 Å². The van der Waals surface area contributed by atoms with E-state index in [0.717, 1.165) is 25.7 Å². The monoisotopic (exact) mass is 408 g/mol.